The number of terminal acetylenes is 1. The summed E-state index contributed by atoms with van der Waals surface area (Å²) in [6.07, 6.45) is 7.71. The molecule has 0 fully saturated rings. The van der Waals surface area contributed by atoms with Gasteiger partial charge in [0.1, 0.15) is 0 Å². The van der Waals surface area contributed by atoms with E-state index in [0.717, 1.165) is 24.2 Å². The fourth-order valence-corrected chi connectivity index (χ4v) is 1.59. The average Bonchev–Trinajstić information content (AvgIpc) is 2.61. The molecule has 3 N–H and O–H groups in total. The van der Waals surface area contributed by atoms with Crippen molar-refractivity contribution in [1.29, 1.82) is 0 Å². The maximum Gasteiger partial charge on any atom is 0.0638 e. The van der Waals surface area contributed by atoms with Crippen molar-refractivity contribution in [1.82, 2.24) is 15.2 Å². The van der Waals surface area contributed by atoms with Gasteiger partial charge in [-0.2, -0.15) is 5.10 Å². The van der Waals surface area contributed by atoms with Crippen LogP contribution in [0.3, 0.4) is 0 Å². The Hall–Kier alpha value is -1.31. The number of aryl methyl sites for hydroxylation is 2. The van der Waals surface area contributed by atoms with Crippen LogP contribution in [0.2, 0.25) is 0 Å². The maximum atomic E-state index is 5.51. The number of nitrogens with one attached hydrogen (secondary N) is 1. The molecule has 82 valence electrons. The van der Waals surface area contributed by atoms with Crippen molar-refractivity contribution in [2.45, 2.75) is 32.2 Å². The summed E-state index contributed by atoms with van der Waals surface area (Å²) in [7, 11) is 1.93. The van der Waals surface area contributed by atoms with Crippen molar-refractivity contribution >= 4 is 0 Å². The second kappa shape index (κ2) is 5.54. The smallest absolute Gasteiger partial charge is 0.0638 e. The molecule has 1 atom stereocenters. The normalized spacial score (nSPS) is 12.4. The van der Waals surface area contributed by atoms with E-state index in [-0.39, 0.29) is 6.04 Å². The first-order valence-corrected chi connectivity index (χ1v) is 5.15. The van der Waals surface area contributed by atoms with Gasteiger partial charge in [0.25, 0.3) is 0 Å². The minimum atomic E-state index is 0.0823. The molecule has 1 unspecified atom stereocenters. The van der Waals surface area contributed by atoms with Crippen molar-refractivity contribution in [3.8, 4) is 12.3 Å². The summed E-state index contributed by atoms with van der Waals surface area (Å²) in [6.45, 7) is 2.08. The van der Waals surface area contributed by atoms with Crippen LogP contribution < -0.4 is 11.3 Å². The van der Waals surface area contributed by atoms with Gasteiger partial charge in [0.15, 0.2) is 0 Å². The Balaban J connectivity index is 2.81. The van der Waals surface area contributed by atoms with E-state index in [1.807, 2.05) is 11.7 Å². The molecule has 0 saturated heterocycles. The first-order chi connectivity index (χ1) is 7.22. The lowest BCUT2D eigenvalue weighted by molar-refractivity contribution is 0.486. The summed E-state index contributed by atoms with van der Waals surface area (Å²) in [6, 6.07) is 2.15. The molecule has 15 heavy (non-hydrogen) atoms. The largest absolute Gasteiger partial charge is 0.271 e. The summed E-state index contributed by atoms with van der Waals surface area (Å²) in [5.41, 5.74) is 4.94. The fraction of sp³-hybridized carbons (Fsp3) is 0.545. The van der Waals surface area contributed by atoms with E-state index in [4.69, 9.17) is 12.3 Å². The first kappa shape index (κ1) is 11.8. The molecular weight excluding hydrogens is 188 g/mol. The van der Waals surface area contributed by atoms with E-state index >= 15 is 0 Å². The van der Waals surface area contributed by atoms with Crippen LogP contribution >= 0.6 is 0 Å². The molecule has 0 bridgehead atoms. The molecular formula is C11H18N4. The molecule has 1 rings (SSSR count). The lowest BCUT2D eigenvalue weighted by Gasteiger charge is -2.14. The average molecular weight is 206 g/mol. The SMILES string of the molecule is C#CCCC(NN)c1cc(CC)nn1C. The Morgan fingerprint density at radius 2 is 2.47 bits per heavy atom. The number of nitrogens with two attached hydrogens (primary N) is 1. The quantitative estimate of drug-likeness (QED) is 0.427. The summed E-state index contributed by atoms with van der Waals surface area (Å²) < 4.78 is 1.86. The van der Waals surface area contributed by atoms with E-state index < -0.39 is 0 Å². The first-order valence-electron chi connectivity index (χ1n) is 5.15. The van der Waals surface area contributed by atoms with Gasteiger partial charge < -0.3 is 0 Å². The standard InChI is InChI=1S/C11H18N4/c1-4-6-7-10(13-12)11-8-9(5-2)14-15(11)3/h1,8,10,13H,5-7,12H2,2-3H3. The molecule has 4 nitrogen and oxygen atoms in total. The van der Waals surface area contributed by atoms with Crippen LogP contribution in [0.1, 0.15) is 37.2 Å². The number of nitrogens with zero attached hydrogens (tertiary/aromatic N) is 2. The van der Waals surface area contributed by atoms with Gasteiger partial charge in [0.05, 0.1) is 17.4 Å². The van der Waals surface area contributed by atoms with Crippen molar-refractivity contribution in [2.24, 2.45) is 12.9 Å². The zero-order chi connectivity index (χ0) is 11.3. The third kappa shape index (κ3) is 2.82. The van der Waals surface area contributed by atoms with Crippen molar-refractivity contribution in [3.63, 3.8) is 0 Å². The number of aromatic nitrogens is 2. The van der Waals surface area contributed by atoms with E-state index in [2.05, 4.69) is 29.4 Å². The van der Waals surface area contributed by atoms with E-state index in [1.165, 1.54) is 0 Å². The van der Waals surface area contributed by atoms with E-state index in [0.29, 0.717) is 6.42 Å². The van der Waals surface area contributed by atoms with Gasteiger partial charge in [-0.3, -0.25) is 16.0 Å². The van der Waals surface area contributed by atoms with Crippen LogP contribution in [0.4, 0.5) is 0 Å². The second-order valence-corrected chi connectivity index (χ2v) is 3.50. The molecule has 0 saturated carbocycles. The highest BCUT2D eigenvalue weighted by molar-refractivity contribution is 5.14. The number of rotatable bonds is 5. The van der Waals surface area contributed by atoms with Crippen LogP contribution in [0, 0.1) is 12.3 Å². The summed E-state index contributed by atoms with van der Waals surface area (Å²) in [5, 5.41) is 4.38. The molecule has 0 aliphatic heterocycles. The monoisotopic (exact) mass is 206 g/mol. The Morgan fingerprint density at radius 1 is 1.73 bits per heavy atom. The van der Waals surface area contributed by atoms with Gasteiger partial charge in [-0.05, 0) is 18.9 Å². The number of hydrogen-bond acceptors (Lipinski definition) is 3. The predicted octanol–water partition coefficient (Wildman–Crippen LogP) is 0.900. The Labute approximate surface area is 90.8 Å². The Bertz CT molecular complexity index is 348. The summed E-state index contributed by atoms with van der Waals surface area (Å²) >= 11 is 0. The Morgan fingerprint density at radius 3 is 2.93 bits per heavy atom. The third-order valence-electron chi connectivity index (χ3n) is 2.46. The van der Waals surface area contributed by atoms with Gasteiger partial charge >= 0.3 is 0 Å². The molecule has 0 aliphatic carbocycles. The number of hydrogen-bond donors (Lipinski definition) is 2. The lowest BCUT2D eigenvalue weighted by atomic mass is 10.1. The molecule has 0 amide bonds. The molecule has 4 heteroatoms. The van der Waals surface area contributed by atoms with Gasteiger partial charge in [0.2, 0.25) is 0 Å². The van der Waals surface area contributed by atoms with Crippen LogP contribution in [0.5, 0.6) is 0 Å². The summed E-state index contributed by atoms with van der Waals surface area (Å²) in [5.74, 6) is 8.12. The van der Waals surface area contributed by atoms with Crippen LogP contribution in [-0.2, 0) is 13.5 Å². The second-order valence-electron chi connectivity index (χ2n) is 3.50. The van der Waals surface area contributed by atoms with Gasteiger partial charge in [0, 0.05) is 13.5 Å². The van der Waals surface area contributed by atoms with Crippen LogP contribution in [0.25, 0.3) is 0 Å². The molecule has 1 aromatic rings. The van der Waals surface area contributed by atoms with Crippen LogP contribution in [0.15, 0.2) is 6.07 Å². The van der Waals surface area contributed by atoms with Gasteiger partial charge in [-0.1, -0.05) is 6.92 Å². The highest BCUT2D eigenvalue weighted by Gasteiger charge is 2.14. The van der Waals surface area contributed by atoms with E-state index in [9.17, 15) is 0 Å². The molecule has 0 aliphatic rings. The van der Waals surface area contributed by atoms with E-state index in [1.54, 1.807) is 0 Å². The van der Waals surface area contributed by atoms with Crippen molar-refractivity contribution < 1.29 is 0 Å². The third-order valence-corrected chi connectivity index (χ3v) is 2.46. The van der Waals surface area contributed by atoms with Gasteiger partial charge in [-0.15, -0.1) is 12.3 Å². The maximum absolute atomic E-state index is 5.51. The van der Waals surface area contributed by atoms with Crippen LogP contribution in [-0.4, -0.2) is 9.78 Å². The highest BCUT2D eigenvalue weighted by atomic mass is 15.3. The fourth-order valence-electron chi connectivity index (χ4n) is 1.59. The minimum absolute atomic E-state index is 0.0823. The minimum Gasteiger partial charge on any atom is -0.271 e. The Kier molecular flexibility index (Phi) is 4.35. The highest BCUT2D eigenvalue weighted by Crippen LogP contribution is 2.18. The molecule has 1 heterocycles. The predicted molar refractivity (Wildman–Crippen MR) is 60.7 cm³/mol. The summed E-state index contributed by atoms with van der Waals surface area (Å²) in [4.78, 5) is 0. The number of hydrazine groups is 1. The molecule has 0 aromatic carbocycles. The topological polar surface area (TPSA) is 55.9 Å². The lowest BCUT2D eigenvalue weighted by Crippen LogP contribution is -2.29. The van der Waals surface area contributed by atoms with Gasteiger partial charge in [-0.25, -0.2) is 0 Å². The zero-order valence-electron chi connectivity index (χ0n) is 9.33. The molecule has 0 spiro atoms. The zero-order valence-corrected chi connectivity index (χ0v) is 9.33. The molecule has 0 radical (unpaired) electrons. The van der Waals surface area contributed by atoms with Crippen molar-refractivity contribution in [2.75, 3.05) is 0 Å². The molecule has 1 aromatic heterocycles. The van der Waals surface area contributed by atoms with Crippen molar-refractivity contribution in [3.05, 3.63) is 17.5 Å².